The van der Waals surface area contributed by atoms with Crippen LogP contribution in [0.15, 0.2) is 18.2 Å². The van der Waals surface area contributed by atoms with Gasteiger partial charge in [0.25, 0.3) is 0 Å². The van der Waals surface area contributed by atoms with E-state index in [2.05, 4.69) is 24.9 Å². The third-order valence-electron chi connectivity index (χ3n) is 3.72. The standard InChI is InChI=1S/C14H22N2O/c1-9(2)17-12-7-5-6-11(16-12)13-10(8-15)14(13,3)4/h5-7,9-10,13H,8,15H2,1-4H3/t10-,13+/m1/s1. The van der Waals surface area contributed by atoms with Crippen molar-refractivity contribution < 1.29 is 4.74 Å². The van der Waals surface area contributed by atoms with Gasteiger partial charge in [0.05, 0.1) is 6.10 Å². The number of rotatable bonds is 4. The Morgan fingerprint density at radius 2 is 2.12 bits per heavy atom. The number of nitrogens with zero attached hydrogens (tertiary/aromatic N) is 1. The van der Waals surface area contributed by atoms with Crippen molar-refractivity contribution in [3.63, 3.8) is 0 Å². The summed E-state index contributed by atoms with van der Waals surface area (Å²) in [7, 11) is 0. The van der Waals surface area contributed by atoms with Crippen LogP contribution in [0.25, 0.3) is 0 Å². The lowest BCUT2D eigenvalue weighted by molar-refractivity contribution is 0.232. The van der Waals surface area contributed by atoms with E-state index >= 15 is 0 Å². The molecule has 2 rings (SSSR count). The molecule has 1 heterocycles. The molecule has 1 aromatic rings. The maximum Gasteiger partial charge on any atom is 0.213 e. The molecule has 3 nitrogen and oxygen atoms in total. The molecule has 0 amide bonds. The first-order valence-electron chi connectivity index (χ1n) is 6.30. The molecule has 0 unspecified atom stereocenters. The van der Waals surface area contributed by atoms with E-state index in [-0.39, 0.29) is 11.5 Å². The smallest absolute Gasteiger partial charge is 0.213 e. The van der Waals surface area contributed by atoms with Gasteiger partial charge in [0, 0.05) is 17.7 Å². The third kappa shape index (κ3) is 2.29. The summed E-state index contributed by atoms with van der Waals surface area (Å²) in [5, 5.41) is 0. The molecule has 2 atom stereocenters. The third-order valence-corrected chi connectivity index (χ3v) is 3.72. The Bertz CT molecular complexity index is 401. The van der Waals surface area contributed by atoms with E-state index in [0.29, 0.717) is 11.8 Å². The highest BCUT2D eigenvalue weighted by Gasteiger charge is 2.58. The van der Waals surface area contributed by atoms with Crippen molar-refractivity contribution in [1.29, 1.82) is 0 Å². The van der Waals surface area contributed by atoms with Gasteiger partial charge in [-0.05, 0) is 37.8 Å². The average molecular weight is 234 g/mol. The maximum absolute atomic E-state index is 5.80. The first kappa shape index (κ1) is 12.4. The fourth-order valence-electron chi connectivity index (χ4n) is 2.68. The van der Waals surface area contributed by atoms with Gasteiger partial charge < -0.3 is 10.5 Å². The molecule has 0 radical (unpaired) electrons. The predicted octanol–water partition coefficient (Wildman–Crippen LogP) is 2.57. The summed E-state index contributed by atoms with van der Waals surface area (Å²) in [6.45, 7) is 9.27. The molecule has 1 aliphatic carbocycles. The van der Waals surface area contributed by atoms with Gasteiger partial charge in [0.2, 0.25) is 5.88 Å². The van der Waals surface area contributed by atoms with Gasteiger partial charge >= 0.3 is 0 Å². The van der Waals surface area contributed by atoms with Crippen molar-refractivity contribution >= 4 is 0 Å². The van der Waals surface area contributed by atoms with Gasteiger partial charge in [-0.3, -0.25) is 0 Å². The van der Waals surface area contributed by atoms with E-state index < -0.39 is 0 Å². The Morgan fingerprint density at radius 3 is 2.65 bits per heavy atom. The van der Waals surface area contributed by atoms with Crippen LogP contribution in [-0.4, -0.2) is 17.6 Å². The number of aromatic nitrogens is 1. The minimum Gasteiger partial charge on any atom is -0.475 e. The molecule has 94 valence electrons. The maximum atomic E-state index is 5.80. The van der Waals surface area contributed by atoms with Crippen LogP contribution in [0.3, 0.4) is 0 Å². The molecular formula is C14H22N2O. The zero-order chi connectivity index (χ0) is 12.6. The van der Waals surface area contributed by atoms with Crippen LogP contribution in [0.4, 0.5) is 0 Å². The SMILES string of the molecule is CC(C)Oc1cccc([C@@H]2[C@@H](CN)C2(C)C)n1. The van der Waals surface area contributed by atoms with Crippen LogP contribution in [-0.2, 0) is 0 Å². The molecule has 0 aromatic carbocycles. The van der Waals surface area contributed by atoms with Gasteiger partial charge in [-0.25, -0.2) is 4.98 Å². The molecule has 2 N–H and O–H groups in total. The molecule has 0 saturated heterocycles. The Kier molecular flexibility index (Phi) is 3.13. The van der Waals surface area contributed by atoms with E-state index in [1.807, 2.05) is 26.0 Å². The summed E-state index contributed by atoms with van der Waals surface area (Å²) < 4.78 is 5.63. The second-order valence-corrected chi connectivity index (χ2v) is 5.71. The molecule has 1 saturated carbocycles. The Labute approximate surface area is 103 Å². The predicted molar refractivity (Wildman–Crippen MR) is 69.1 cm³/mol. The van der Waals surface area contributed by atoms with E-state index in [1.54, 1.807) is 0 Å². The first-order chi connectivity index (χ1) is 7.96. The summed E-state index contributed by atoms with van der Waals surface area (Å²) in [6.07, 6.45) is 0.162. The summed E-state index contributed by atoms with van der Waals surface area (Å²) >= 11 is 0. The molecular weight excluding hydrogens is 212 g/mol. The summed E-state index contributed by atoms with van der Waals surface area (Å²) in [5.74, 6) is 1.74. The highest BCUT2D eigenvalue weighted by Crippen LogP contribution is 2.63. The van der Waals surface area contributed by atoms with Gasteiger partial charge in [-0.15, -0.1) is 0 Å². The number of hydrogen-bond donors (Lipinski definition) is 1. The van der Waals surface area contributed by atoms with Crippen LogP contribution in [0.1, 0.15) is 39.3 Å². The second kappa shape index (κ2) is 4.30. The number of ether oxygens (including phenoxy) is 1. The first-order valence-corrected chi connectivity index (χ1v) is 6.30. The highest BCUT2D eigenvalue weighted by molar-refractivity contribution is 5.29. The number of nitrogens with two attached hydrogens (primary N) is 1. The second-order valence-electron chi connectivity index (χ2n) is 5.71. The Balaban J connectivity index is 2.18. The number of hydrogen-bond acceptors (Lipinski definition) is 3. The summed E-state index contributed by atoms with van der Waals surface area (Å²) in [4.78, 5) is 4.59. The molecule has 0 spiro atoms. The van der Waals surface area contributed by atoms with Crippen LogP contribution in [0, 0.1) is 11.3 Å². The fraction of sp³-hybridized carbons (Fsp3) is 0.643. The highest BCUT2D eigenvalue weighted by atomic mass is 16.5. The normalized spacial score (nSPS) is 26.0. The van der Waals surface area contributed by atoms with Gasteiger partial charge in [0.1, 0.15) is 0 Å². The molecule has 3 heteroatoms. The Morgan fingerprint density at radius 1 is 1.41 bits per heavy atom. The van der Waals surface area contributed by atoms with Gasteiger partial charge in [0.15, 0.2) is 0 Å². The Hall–Kier alpha value is -1.09. The largest absolute Gasteiger partial charge is 0.475 e. The lowest BCUT2D eigenvalue weighted by Gasteiger charge is -2.10. The van der Waals surface area contributed by atoms with Crippen molar-refractivity contribution in [2.75, 3.05) is 6.54 Å². The van der Waals surface area contributed by atoms with Crippen molar-refractivity contribution in [1.82, 2.24) is 4.98 Å². The van der Waals surface area contributed by atoms with Gasteiger partial charge in [-0.2, -0.15) is 0 Å². The van der Waals surface area contributed by atoms with Crippen LogP contribution >= 0.6 is 0 Å². The lowest BCUT2D eigenvalue weighted by Crippen LogP contribution is -2.08. The lowest BCUT2D eigenvalue weighted by atomic mass is 10.1. The minimum absolute atomic E-state index is 0.162. The summed E-state index contributed by atoms with van der Waals surface area (Å²) in [5.41, 5.74) is 7.19. The minimum atomic E-state index is 0.162. The molecule has 0 aliphatic heterocycles. The fourth-order valence-corrected chi connectivity index (χ4v) is 2.68. The van der Waals surface area contributed by atoms with Crippen LogP contribution in [0.2, 0.25) is 0 Å². The molecule has 1 aliphatic rings. The van der Waals surface area contributed by atoms with Crippen molar-refractivity contribution in [2.24, 2.45) is 17.1 Å². The van der Waals surface area contributed by atoms with Crippen molar-refractivity contribution in [3.05, 3.63) is 23.9 Å². The van der Waals surface area contributed by atoms with Crippen LogP contribution in [0.5, 0.6) is 5.88 Å². The van der Waals surface area contributed by atoms with Gasteiger partial charge in [-0.1, -0.05) is 19.9 Å². The monoisotopic (exact) mass is 234 g/mol. The van der Waals surface area contributed by atoms with E-state index in [0.717, 1.165) is 18.1 Å². The van der Waals surface area contributed by atoms with Crippen LogP contribution < -0.4 is 10.5 Å². The zero-order valence-electron chi connectivity index (χ0n) is 11.1. The quantitative estimate of drug-likeness (QED) is 0.871. The van der Waals surface area contributed by atoms with E-state index in [1.165, 1.54) is 0 Å². The zero-order valence-corrected chi connectivity index (χ0v) is 11.1. The molecule has 17 heavy (non-hydrogen) atoms. The average Bonchev–Trinajstić information content (AvgIpc) is 2.79. The molecule has 1 fully saturated rings. The molecule has 1 aromatic heterocycles. The van der Waals surface area contributed by atoms with Crippen molar-refractivity contribution in [2.45, 2.75) is 39.7 Å². The summed E-state index contributed by atoms with van der Waals surface area (Å²) in [6, 6.07) is 6.01. The van der Waals surface area contributed by atoms with E-state index in [4.69, 9.17) is 10.5 Å². The van der Waals surface area contributed by atoms with E-state index in [9.17, 15) is 0 Å². The van der Waals surface area contributed by atoms with Crippen molar-refractivity contribution in [3.8, 4) is 5.88 Å². The molecule has 0 bridgehead atoms. The topological polar surface area (TPSA) is 48.1 Å². The number of pyridine rings is 1.